The van der Waals surface area contributed by atoms with Crippen molar-refractivity contribution in [3.8, 4) is 0 Å². The Morgan fingerprint density at radius 2 is 1.60 bits per heavy atom. The minimum absolute atomic E-state index is 1.29. The van der Waals surface area contributed by atoms with Gasteiger partial charge in [0.2, 0.25) is 5.52 Å². The van der Waals surface area contributed by atoms with Crippen molar-refractivity contribution in [1.29, 1.82) is 0 Å². The van der Waals surface area contributed by atoms with E-state index >= 15 is 0 Å². The Kier molecular flexibility index (Phi) is 4.72. The molecule has 8 heteroatoms. The van der Waals surface area contributed by atoms with Gasteiger partial charge in [-0.25, -0.2) is 8.42 Å². The van der Waals surface area contributed by atoms with E-state index in [2.05, 4.69) is 54.9 Å². The van der Waals surface area contributed by atoms with Gasteiger partial charge in [-0.1, -0.05) is 12.1 Å². The van der Waals surface area contributed by atoms with E-state index in [0.29, 0.717) is 0 Å². The summed E-state index contributed by atoms with van der Waals surface area (Å²) in [6.07, 6.45) is 0. The first-order valence-electron chi connectivity index (χ1n) is 5.40. The molecule has 0 aliphatic rings. The number of alkyl halides is 3. The minimum Gasteiger partial charge on any atom is -0.741 e. The minimum atomic E-state index is -6.09. The van der Waals surface area contributed by atoms with Gasteiger partial charge in [0, 0.05) is 24.4 Å². The van der Waals surface area contributed by atoms with Gasteiger partial charge in [0.05, 0.1) is 0 Å². The zero-order valence-electron chi connectivity index (χ0n) is 10.7. The summed E-state index contributed by atoms with van der Waals surface area (Å²) in [7, 11) is -4.00. The molecule has 20 heavy (non-hydrogen) atoms. The van der Waals surface area contributed by atoms with E-state index in [1.165, 1.54) is 16.6 Å². The molecule has 0 fully saturated rings. The summed E-state index contributed by atoms with van der Waals surface area (Å²) in [4.78, 5) is 0. The van der Waals surface area contributed by atoms with Gasteiger partial charge in [0.25, 0.3) is 0 Å². The Bertz CT molecular complexity index is 711. The molecule has 1 heterocycles. The third kappa shape index (κ3) is 3.91. The van der Waals surface area contributed by atoms with Crippen LogP contribution in [0.25, 0.3) is 10.9 Å². The average molecular weight is 307 g/mol. The van der Waals surface area contributed by atoms with Crippen molar-refractivity contribution >= 4 is 21.0 Å². The molecule has 2 rings (SSSR count). The first-order chi connectivity index (χ1) is 9.04. The molecule has 0 radical (unpaired) electrons. The van der Waals surface area contributed by atoms with Gasteiger partial charge in [-0.15, -0.1) is 0 Å². The molecule has 0 saturated heterocycles. The van der Waals surface area contributed by atoms with Crippen molar-refractivity contribution in [2.45, 2.75) is 12.4 Å². The largest absolute Gasteiger partial charge is 0.741 e. The highest BCUT2D eigenvalue weighted by atomic mass is 32.2. The Hall–Kier alpha value is -1.67. The van der Waals surface area contributed by atoms with Gasteiger partial charge < -0.3 is 4.55 Å². The second-order valence-corrected chi connectivity index (χ2v) is 5.36. The first kappa shape index (κ1) is 16.4. The van der Waals surface area contributed by atoms with E-state index in [1.54, 1.807) is 0 Å². The predicted molar refractivity (Wildman–Crippen MR) is 65.6 cm³/mol. The molecule has 1 aromatic carbocycles. The lowest BCUT2D eigenvalue weighted by molar-refractivity contribution is -0.651. The molecule has 0 aliphatic heterocycles. The monoisotopic (exact) mass is 307 g/mol. The number of aryl methyl sites for hydroxylation is 2. The quantitative estimate of drug-likeness (QED) is 0.425. The molecule has 1 aromatic heterocycles. The van der Waals surface area contributed by atoms with Crippen LogP contribution in [0.4, 0.5) is 13.2 Å². The Morgan fingerprint density at radius 1 is 1.10 bits per heavy atom. The van der Waals surface area contributed by atoms with Crippen LogP contribution in [0.15, 0.2) is 36.4 Å². The van der Waals surface area contributed by atoms with E-state index in [1.807, 2.05) is 0 Å². The molecule has 0 spiro atoms. The number of halogens is 3. The van der Waals surface area contributed by atoms with Crippen LogP contribution in [-0.2, 0) is 17.2 Å². The number of rotatable bonds is 0. The van der Waals surface area contributed by atoms with Crippen LogP contribution in [0.1, 0.15) is 5.69 Å². The second kappa shape index (κ2) is 5.76. The molecule has 4 nitrogen and oxygen atoms in total. The fraction of sp³-hybridized carbons (Fsp3) is 0.250. The summed E-state index contributed by atoms with van der Waals surface area (Å²) in [5.41, 5.74) is -3.07. The summed E-state index contributed by atoms with van der Waals surface area (Å²) in [5, 5.41) is 1.30. The van der Waals surface area contributed by atoms with Gasteiger partial charge in [0.15, 0.2) is 15.8 Å². The highest BCUT2D eigenvalue weighted by Crippen LogP contribution is 2.20. The molecule has 0 amide bonds. The van der Waals surface area contributed by atoms with Crippen LogP contribution >= 0.6 is 0 Å². The lowest BCUT2D eigenvalue weighted by Crippen LogP contribution is -2.32. The molecular formula is C12H12F3NO3S. The fourth-order valence-electron chi connectivity index (χ4n) is 1.45. The summed E-state index contributed by atoms with van der Waals surface area (Å²) < 4.78 is 61.1. The molecule has 110 valence electrons. The summed E-state index contributed by atoms with van der Waals surface area (Å²) >= 11 is 0. The zero-order valence-corrected chi connectivity index (χ0v) is 11.5. The van der Waals surface area contributed by atoms with E-state index in [0.717, 1.165) is 0 Å². The van der Waals surface area contributed by atoms with Crippen LogP contribution in [0.2, 0.25) is 0 Å². The standard InChI is InChI=1S/C11H12N.CHF3O3S/c1-9-7-8-10-5-3-4-6-11(10)12(9)2;2-1(3,4)8(5,6)7/h3-8H,1-2H3;(H,5,6,7)/q+1;/p-1. The van der Waals surface area contributed by atoms with Gasteiger partial charge in [0.1, 0.15) is 7.05 Å². The van der Waals surface area contributed by atoms with Crippen LogP contribution in [0, 0.1) is 6.92 Å². The number of nitrogens with zero attached hydrogens (tertiary/aromatic N) is 1. The smallest absolute Gasteiger partial charge is 0.485 e. The maximum Gasteiger partial charge on any atom is 0.485 e. The number of aromatic nitrogens is 1. The molecule has 0 unspecified atom stereocenters. The summed E-state index contributed by atoms with van der Waals surface area (Å²) in [6, 6.07) is 12.7. The first-order valence-corrected chi connectivity index (χ1v) is 6.81. The van der Waals surface area contributed by atoms with Gasteiger partial charge in [-0.05, 0) is 12.1 Å². The Labute approximate surface area is 114 Å². The number of pyridine rings is 1. The lowest BCUT2D eigenvalue weighted by atomic mass is 10.2. The highest BCUT2D eigenvalue weighted by Gasteiger charge is 2.36. The van der Waals surface area contributed by atoms with E-state index < -0.39 is 15.6 Å². The fourth-order valence-corrected chi connectivity index (χ4v) is 1.45. The normalized spacial score (nSPS) is 11.9. The number of hydrogen-bond acceptors (Lipinski definition) is 3. The predicted octanol–water partition coefficient (Wildman–Crippen LogP) is 2.02. The van der Waals surface area contributed by atoms with Gasteiger partial charge in [-0.3, -0.25) is 0 Å². The molecular weight excluding hydrogens is 295 g/mol. The van der Waals surface area contributed by atoms with Gasteiger partial charge in [-0.2, -0.15) is 17.7 Å². The molecule has 2 aromatic rings. The summed E-state index contributed by atoms with van der Waals surface area (Å²) in [5.74, 6) is 0. The van der Waals surface area contributed by atoms with Crippen molar-refractivity contribution in [1.82, 2.24) is 0 Å². The molecule has 0 bridgehead atoms. The highest BCUT2D eigenvalue weighted by molar-refractivity contribution is 7.86. The van der Waals surface area contributed by atoms with Crippen LogP contribution in [-0.4, -0.2) is 18.5 Å². The second-order valence-electron chi connectivity index (χ2n) is 3.99. The number of hydrogen-bond donors (Lipinski definition) is 0. The zero-order chi connectivity index (χ0) is 15.6. The molecule has 0 atom stereocenters. The van der Waals surface area contributed by atoms with Crippen molar-refractivity contribution in [2.75, 3.05) is 0 Å². The van der Waals surface area contributed by atoms with E-state index in [-0.39, 0.29) is 0 Å². The molecule has 0 saturated carbocycles. The maximum absolute atomic E-state index is 10.7. The Balaban J connectivity index is 0.000000221. The van der Waals surface area contributed by atoms with Crippen LogP contribution in [0.3, 0.4) is 0 Å². The van der Waals surface area contributed by atoms with Crippen molar-refractivity contribution < 1.29 is 30.7 Å². The van der Waals surface area contributed by atoms with Crippen molar-refractivity contribution in [3.63, 3.8) is 0 Å². The topological polar surface area (TPSA) is 61.1 Å². The SMILES string of the molecule is Cc1ccc2ccccc2[n+]1C.O=S(=O)([O-])C(F)(F)F. The third-order valence-electron chi connectivity index (χ3n) is 2.61. The van der Waals surface area contributed by atoms with E-state index in [4.69, 9.17) is 13.0 Å². The van der Waals surface area contributed by atoms with Crippen LogP contribution in [0.5, 0.6) is 0 Å². The number of benzene rings is 1. The summed E-state index contributed by atoms with van der Waals surface area (Å²) in [6.45, 7) is 2.12. The number of para-hydroxylation sites is 1. The molecule has 0 aliphatic carbocycles. The van der Waals surface area contributed by atoms with Gasteiger partial charge >= 0.3 is 5.51 Å². The van der Waals surface area contributed by atoms with Crippen LogP contribution < -0.4 is 4.57 Å². The van der Waals surface area contributed by atoms with Crippen molar-refractivity contribution in [3.05, 3.63) is 42.1 Å². The average Bonchev–Trinajstić information content (AvgIpc) is 2.33. The van der Waals surface area contributed by atoms with Crippen molar-refractivity contribution in [2.24, 2.45) is 7.05 Å². The lowest BCUT2D eigenvalue weighted by Gasteiger charge is -2.08. The maximum atomic E-state index is 10.7. The van der Waals surface area contributed by atoms with E-state index in [9.17, 15) is 13.2 Å². The third-order valence-corrected chi connectivity index (χ3v) is 3.18. The Morgan fingerprint density at radius 3 is 2.10 bits per heavy atom. The molecule has 0 N–H and O–H groups in total. The number of fused-ring (bicyclic) bond motifs is 1.